The summed E-state index contributed by atoms with van der Waals surface area (Å²) >= 11 is 0. The highest BCUT2D eigenvalue weighted by Crippen LogP contribution is 2.21. The molecule has 1 N–H and O–H groups in total. The lowest BCUT2D eigenvalue weighted by molar-refractivity contribution is 0.161. The predicted octanol–water partition coefficient (Wildman–Crippen LogP) is 2.85. The Morgan fingerprint density at radius 3 is 2.44 bits per heavy atom. The lowest BCUT2D eigenvalue weighted by atomic mass is 9.95. The van der Waals surface area contributed by atoms with Crippen molar-refractivity contribution in [3.63, 3.8) is 0 Å². The smallest absolute Gasteiger partial charge is 0.225 e. The summed E-state index contributed by atoms with van der Waals surface area (Å²) in [5.41, 5.74) is 0. The van der Waals surface area contributed by atoms with Crippen LogP contribution >= 0.6 is 0 Å². The summed E-state index contributed by atoms with van der Waals surface area (Å²) < 4.78 is 5.71. The molecule has 2 saturated heterocycles. The van der Waals surface area contributed by atoms with E-state index in [-0.39, 0.29) is 0 Å². The van der Waals surface area contributed by atoms with Crippen molar-refractivity contribution in [1.29, 1.82) is 0 Å². The third-order valence-corrected chi connectivity index (χ3v) is 5.91. The Hall–Kier alpha value is -1.92. The first kappa shape index (κ1) is 18.4. The monoisotopic (exact) mass is 369 g/mol. The molecule has 0 aromatic carbocycles. The number of anilines is 1. The number of nitrogens with zero attached hydrogens (tertiary/aromatic N) is 4. The minimum atomic E-state index is 0.633. The first-order valence-electron chi connectivity index (χ1n) is 10.3. The van der Waals surface area contributed by atoms with Gasteiger partial charge in [0.1, 0.15) is 11.5 Å². The Labute approximate surface area is 162 Å². The normalized spacial score (nSPS) is 20.3. The largest absolute Gasteiger partial charge is 0.465 e. The van der Waals surface area contributed by atoms with E-state index in [4.69, 9.17) is 4.42 Å². The number of aromatic nitrogens is 2. The summed E-state index contributed by atoms with van der Waals surface area (Å²) in [6, 6.07) is 6.67. The van der Waals surface area contributed by atoms with E-state index in [1.54, 1.807) is 0 Å². The fraction of sp³-hybridized carbons (Fsp3) is 0.619. The van der Waals surface area contributed by atoms with Gasteiger partial charge in [0.2, 0.25) is 5.95 Å². The van der Waals surface area contributed by atoms with Crippen molar-refractivity contribution in [3.05, 3.63) is 42.1 Å². The Morgan fingerprint density at radius 1 is 1.04 bits per heavy atom. The molecule has 0 aliphatic carbocycles. The van der Waals surface area contributed by atoms with Crippen LogP contribution in [-0.4, -0.2) is 53.6 Å². The minimum Gasteiger partial charge on any atom is -0.465 e. The molecule has 0 spiro atoms. The number of piperidine rings is 2. The average Bonchev–Trinajstić information content (AvgIpc) is 3.13. The maximum absolute atomic E-state index is 5.71. The first-order valence-corrected chi connectivity index (χ1v) is 10.3. The van der Waals surface area contributed by atoms with Crippen molar-refractivity contribution in [3.8, 4) is 0 Å². The van der Waals surface area contributed by atoms with Gasteiger partial charge in [-0.3, -0.25) is 4.90 Å². The molecule has 0 radical (unpaired) electrons. The molecular weight excluding hydrogens is 338 g/mol. The number of nitrogens with one attached hydrogen (secondary N) is 1. The first-order chi connectivity index (χ1) is 13.3. The van der Waals surface area contributed by atoms with Gasteiger partial charge in [0, 0.05) is 31.5 Å². The molecule has 4 rings (SSSR count). The molecule has 6 heteroatoms. The lowest BCUT2D eigenvalue weighted by Gasteiger charge is -2.35. The van der Waals surface area contributed by atoms with Crippen molar-refractivity contribution < 1.29 is 4.42 Å². The van der Waals surface area contributed by atoms with Crippen LogP contribution in [0.15, 0.2) is 35.0 Å². The maximum atomic E-state index is 5.71. The third-order valence-electron chi connectivity index (χ3n) is 5.91. The minimum absolute atomic E-state index is 0.633. The zero-order valence-corrected chi connectivity index (χ0v) is 16.3. The average molecular weight is 370 g/mol. The van der Waals surface area contributed by atoms with Gasteiger partial charge in [-0.15, -0.1) is 0 Å². The topological polar surface area (TPSA) is 57.4 Å². The van der Waals surface area contributed by atoms with Gasteiger partial charge in [0.25, 0.3) is 0 Å². The second kappa shape index (κ2) is 8.85. The molecule has 4 heterocycles. The van der Waals surface area contributed by atoms with E-state index in [1.807, 2.05) is 25.4 Å². The molecule has 2 aromatic heterocycles. The van der Waals surface area contributed by atoms with E-state index >= 15 is 0 Å². The summed E-state index contributed by atoms with van der Waals surface area (Å²) in [6.45, 7) is 8.56. The molecule has 0 saturated carbocycles. The van der Waals surface area contributed by atoms with Crippen LogP contribution in [-0.2, 0) is 6.54 Å². The Morgan fingerprint density at radius 2 is 1.78 bits per heavy atom. The molecule has 0 unspecified atom stereocenters. The highest BCUT2D eigenvalue weighted by atomic mass is 16.3. The van der Waals surface area contributed by atoms with Gasteiger partial charge in [-0.25, -0.2) is 9.97 Å². The number of furan rings is 1. The molecule has 6 nitrogen and oxygen atoms in total. The van der Waals surface area contributed by atoms with E-state index in [2.05, 4.69) is 37.2 Å². The van der Waals surface area contributed by atoms with Crippen LogP contribution in [0.2, 0.25) is 0 Å². The second-order valence-corrected chi connectivity index (χ2v) is 7.95. The SMILES string of the molecule is Cc1ccc(CN2CCC(CNC3CCN(c4ncccn4)CC3)CC2)o1. The van der Waals surface area contributed by atoms with Crippen LogP contribution in [0.3, 0.4) is 0 Å². The van der Waals surface area contributed by atoms with Crippen LogP contribution in [0.5, 0.6) is 0 Å². The molecule has 2 aromatic rings. The predicted molar refractivity (Wildman–Crippen MR) is 107 cm³/mol. The molecule has 2 fully saturated rings. The van der Waals surface area contributed by atoms with Crippen molar-refractivity contribution in [2.24, 2.45) is 5.92 Å². The van der Waals surface area contributed by atoms with E-state index in [0.717, 1.165) is 49.6 Å². The van der Waals surface area contributed by atoms with Gasteiger partial charge >= 0.3 is 0 Å². The van der Waals surface area contributed by atoms with Gasteiger partial charge in [0.05, 0.1) is 6.54 Å². The van der Waals surface area contributed by atoms with Crippen molar-refractivity contribution >= 4 is 5.95 Å². The number of likely N-dealkylation sites (tertiary alicyclic amines) is 1. The number of hydrogen-bond acceptors (Lipinski definition) is 6. The maximum Gasteiger partial charge on any atom is 0.225 e. The zero-order chi connectivity index (χ0) is 18.5. The van der Waals surface area contributed by atoms with Gasteiger partial charge in [0.15, 0.2) is 0 Å². The third kappa shape index (κ3) is 5.08. The van der Waals surface area contributed by atoms with Crippen LogP contribution < -0.4 is 10.2 Å². The fourth-order valence-corrected chi connectivity index (χ4v) is 4.21. The quantitative estimate of drug-likeness (QED) is 0.845. The Bertz CT molecular complexity index is 688. The van der Waals surface area contributed by atoms with E-state index in [1.165, 1.54) is 38.8 Å². The van der Waals surface area contributed by atoms with E-state index in [0.29, 0.717) is 6.04 Å². The highest BCUT2D eigenvalue weighted by Gasteiger charge is 2.23. The second-order valence-electron chi connectivity index (χ2n) is 7.95. The van der Waals surface area contributed by atoms with Crippen molar-refractivity contribution in [2.45, 2.75) is 45.2 Å². The summed E-state index contributed by atoms with van der Waals surface area (Å²) in [5.74, 6) is 3.78. The van der Waals surface area contributed by atoms with Gasteiger partial charge < -0.3 is 14.6 Å². The summed E-state index contributed by atoms with van der Waals surface area (Å²) in [6.07, 6.45) is 8.56. The number of aryl methyl sites for hydroxylation is 1. The molecule has 0 amide bonds. The van der Waals surface area contributed by atoms with Gasteiger partial charge in [-0.1, -0.05) is 0 Å². The fourth-order valence-electron chi connectivity index (χ4n) is 4.21. The van der Waals surface area contributed by atoms with Crippen LogP contribution in [0.4, 0.5) is 5.95 Å². The summed E-state index contributed by atoms with van der Waals surface area (Å²) in [4.78, 5) is 13.6. The lowest BCUT2D eigenvalue weighted by Crippen LogP contribution is -2.45. The molecule has 2 aliphatic rings. The van der Waals surface area contributed by atoms with Crippen LogP contribution in [0.1, 0.15) is 37.2 Å². The van der Waals surface area contributed by atoms with E-state index in [9.17, 15) is 0 Å². The zero-order valence-electron chi connectivity index (χ0n) is 16.3. The van der Waals surface area contributed by atoms with Crippen LogP contribution in [0, 0.1) is 12.8 Å². The van der Waals surface area contributed by atoms with Crippen molar-refractivity contribution in [2.75, 3.05) is 37.6 Å². The summed E-state index contributed by atoms with van der Waals surface area (Å²) in [7, 11) is 0. The molecular formula is C21H31N5O. The standard InChI is InChI=1S/C21H31N5O/c1-17-3-4-20(27-17)16-25-11-5-18(6-12-25)15-24-19-7-13-26(14-8-19)21-22-9-2-10-23-21/h2-4,9-10,18-19,24H,5-8,11-16H2,1H3. The highest BCUT2D eigenvalue weighted by molar-refractivity contribution is 5.29. The number of rotatable bonds is 6. The molecule has 146 valence electrons. The van der Waals surface area contributed by atoms with Gasteiger partial charge in [-0.2, -0.15) is 0 Å². The number of hydrogen-bond donors (Lipinski definition) is 1. The Kier molecular flexibility index (Phi) is 6.04. The summed E-state index contributed by atoms with van der Waals surface area (Å²) in [5, 5.41) is 3.83. The van der Waals surface area contributed by atoms with Crippen LogP contribution in [0.25, 0.3) is 0 Å². The Balaban J connectivity index is 1.14. The van der Waals surface area contributed by atoms with E-state index < -0.39 is 0 Å². The molecule has 0 atom stereocenters. The van der Waals surface area contributed by atoms with Gasteiger partial charge in [-0.05, 0) is 76.4 Å². The molecule has 27 heavy (non-hydrogen) atoms. The molecule has 2 aliphatic heterocycles. The molecule has 0 bridgehead atoms. The van der Waals surface area contributed by atoms with Crippen molar-refractivity contribution in [1.82, 2.24) is 20.2 Å².